The van der Waals surface area contributed by atoms with Crippen LogP contribution in [0.2, 0.25) is 0 Å². The average Bonchev–Trinajstić information content (AvgIpc) is 2.77. The summed E-state index contributed by atoms with van der Waals surface area (Å²) in [5.41, 5.74) is 0. The Hall–Kier alpha value is -1.14. The highest BCUT2D eigenvalue weighted by Gasteiger charge is 2.13. The van der Waals surface area contributed by atoms with Gasteiger partial charge in [-0.2, -0.15) is 0 Å². The van der Waals surface area contributed by atoms with Crippen LogP contribution in [0.15, 0.2) is 21.6 Å². The second-order valence-corrected chi connectivity index (χ2v) is 5.77. The van der Waals surface area contributed by atoms with Gasteiger partial charge in [0.2, 0.25) is 5.76 Å². The van der Waals surface area contributed by atoms with Gasteiger partial charge in [0, 0.05) is 6.61 Å². The topological polar surface area (TPSA) is 76.7 Å². The Labute approximate surface area is 109 Å². The van der Waals surface area contributed by atoms with E-state index in [2.05, 4.69) is 13.8 Å². The fourth-order valence-electron chi connectivity index (χ4n) is 1.21. The maximum Gasteiger partial charge on any atom is 0.371 e. The van der Waals surface area contributed by atoms with Crippen molar-refractivity contribution in [1.82, 2.24) is 0 Å². The number of ether oxygens (including phenoxy) is 1. The Balaban J connectivity index is 2.30. The summed E-state index contributed by atoms with van der Waals surface area (Å²) in [6.07, 6.45) is 0.969. The Morgan fingerprint density at radius 3 is 2.72 bits per heavy atom. The van der Waals surface area contributed by atoms with E-state index >= 15 is 0 Å². The van der Waals surface area contributed by atoms with Gasteiger partial charge < -0.3 is 14.3 Å². The molecule has 0 bridgehead atoms. The first-order valence-corrected chi connectivity index (χ1v) is 7.12. The summed E-state index contributed by atoms with van der Waals surface area (Å²) < 4.78 is 22.0. The number of hydrogen-bond donors (Lipinski definition) is 1. The van der Waals surface area contributed by atoms with Crippen molar-refractivity contribution in [2.75, 3.05) is 19.0 Å². The van der Waals surface area contributed by atoms with Crippen LogP contribution in [0.1, 0.15) is 30.8 Å². The van der Waals surface area contributed by atoms with Crippen molar-refractivity contribution in [1.29, 1.82) is 0 Å². The van der Waals surface area contributed by atoms with Crippen LogP contribution in [0.25, 0.3) is 0 Å². The molecule has 0 fully saturated rings. The molecule has 6 heteroatoms. The van der Waals surface area contributed by atoms with E-state index in [-0.39, 0.29) is 10.9 Å². The third-order valence-corrected chi connectivity index (χ3v) is 3.47. The minimum Gasteiger partial charge on any atom is -0.475 e. The van der Waals surface area contributed by atoms with E-state index in [0.29, 0.717) is 24.9 Å². The van der Waals surface area contributed by atoms with Crippen molar-refractivity contribution in [3.8, 4) is 0 Å². The van der Waals surface area contributed by atoms with Gasteiger partial charge >= 0.3 is 5.97 Å². The molecule has 1 N–H and O–H groups in total. The fourth-order valence-corrected chi connectivity index (χ4v) is 2.09. The predicted molar refractivity (Wildman–Crippen MR) is 67.2 cm³/mol. The molecule has 1 unspecified atom stereocenters. The molecule has 0 amide bonds. The molecule has 0 aliphatic heterocycles. The Morgan fingerprint density at radius 1 is 1.44 bits per heavy atom. The summed E-state index contributed by atoms with van der Waals surface area (Å²) in [4.78, 5) is 10.6. The Kier molecular flexibility index (Phi) is 6.07. The molecule has 0 radical (unpaired) electrons. The number of hydrogen-bond acceptors (Lipinski definition) is 4. The molecule has 0 aromatic carbocycles. The smallest absolute Gasteiger partial charge is 0.371 e. The van der Waals surface area contributed by atoms with Gasteiger partial charge in [-0.15, -0.1) is 0 Å². The second-order valence-electron chi connectivity index (χ2n) is 4.27. The highest BCUT2D eigenvalue weighted by atomic mass is 32.2. The first-order chi connectivity index (χ1) is 8.50. The molecule has 1 heterocycles. The maximum atomic E-state index is 11.7. The summed E-state index contributed by atoms with van der Waals surface area (Å²) in [6, 6.07) is 2.73. The zero-order valence-corrected chi connectivity index (χ0v) is 11.4. The quantitative estimate of drug-likeness (QED) is 0.735. The lowest BCUT2D eigenvalue weighted by atomic mass is 10.1. The monoisotopic (exact) mass is 274 g/mol. The number of carbonyl (C=O) groups is 1. The lowest BCUT2D eigenvalue weighted by molar-refractivity contribution is 0.0656. The molecule has 0 saturated heterocycles. The Morgan fingerprint density at radius 2 is 2.17 bits per heavy atom. The van der Waals surface area contributed by atoms with E-state index in [1.807, 2.05) is 0 Å². The van der Waals surface area contributed by atoms with Crippen LogP contribution in [-0.2, 0) is 15.5 Å². The summed E-state index contributed by atoms with van der Waals surface area (Å²) in [6.45, 7) is 5.24. The molecule has 0 saturated carbocycles. The highest BCUT2D eigenvalue weighted by Crippen LogP contribution is 2.12. The SMILES string of the molecule is CC(C)CCOCCS(=O)c1ccc(C(=O)O)o1. The van der Waals surface area contributed by atoms with Gasteiger partial charge in [-0.25, -0.2) is 4.79 Å². The van der Waals surface area contributed by atoms with Gasteiger partial charge in [0.05, 0.1) is 23.2 Å². The highest BCUT2D eigenvalue weighted by molar-refractivity contribution is 7.84. The number of furan rings is 1. The second kappa shape index (κ2) is 7.33. The molecular formula is C12H18O5S. The van der Waals surface area contributed by atoms with Crippen molar-refractivity contribution in [2.24, 2.45) is 5.92 Å². The summed E-state index contributed by atoms with van der Waals surface area (Å²) in [5, 5.41) is 8.84. The van der Waals surface area contributed by atoms with Gasteiger partial charge in [0.25, 0.3) is 0 Å². The van der Waals surface area contributed by atoms with Crippen molar-refractivity contribution in [3.63, 3.8) is 0 Å². The van der Waals surface area contributed by atoms with E-state index < -0.39 is 16.8 Å². The molecule has 5 nitrogen and oxygen atoms in total. The van der Waals surface area contributed by atoms with Crippen molar-refractivity contribution >= 4 is 16.8 Å². The summed E-state index contributed by atoms with van der Waals surface area (Å²) >= 11 is 0. The fraction of sp³-hybridized carbons (Fsp3) is 0.583. The maximum absolute atomic E-state index is 11.7. The normalized spacial score (nSPS) is 12.8. The average molecular weight is 274 g/mol. The first-order valence-electron chi connectivity index (χ1n) is 5.80. The predicted octanol–water partition coefficient (Wildman–Crippen LogP) is 2.15. The molecule has 18 heavy (non-hydrogen) atoms. The molecular weight excluding hydrogens is 256 g/mol. The van der Waals surface area contributed by atoms with Crippen LogP contribution in [-0.4, -0.2) is 34.3 Å². The molecule has 102 valence electrons. The van der Waals surface area contributed by atoms with E-state index in [9.17, 15) is 9.00 Å². The standard InChI is InChI=1S/C12H18O5S/c1-9(2)5-6-16-7-8-18(15)11-4-3-10(17-11)12(13)14/h3-4,9H,5-8H2,1-2H3,(H,13,14). The molecule has 0 spiro atoms. The van der Waals surface area contributed by atoms with Crippen molar-refractivity contribution < 1.29 is 23.3 Å². The van der Waals surface area contributed by atoms with Crippen LogP contribution in [0.3, 0.4) is 0 Å². The zero-order chi connectivity index (χ0) is 13.5. The van der Waals surface area contributed by atoms with E-state index in [0.717, 1.165) is 6.42 Å². The molecule has 1 rings (SSSR count). The minimum atomic E-state index is -1.35. The van der Waals surface area contributed by atoms with E-state index in [4.69, 9.17) is 14.3 Å². The van der Waals surface area contributed by atoms with Gasteiger partial charge in [0.15, 0.2) is 5.09 Å². The third kappa shape index (κ3) is 5.01. The van der Waals surface area contributed by atoms with Crippen LogP contribution in [0.4, 0.5) is 0 Å². The van der Waals surface area contributed by atoms with Crippen LogP contribution < -0.4 is 0 Å². The first kappa shape index (κ1) is 14.9. The molecule has 1 aromatic rings. The molecule has 0 aliphatic rings. The van der Waals surface area contributed by atoms with Gasteiger partial charge in [-0.3, -0.25) is 4.21 Å². The van der Waals surface area contributed by atoms with E-state index in [1.54, 1.807) is 0 Å². The largest absolute Gasteiger partial charge is 0.475 e. The number of carboxylic acid groups (broad SMARTS) is 1. The lowest BCUT2D eigenvalue weighted by Gasteiger charge is -2.05. The molecule has 0 aliphatic carbocycles. The number of aromatic carboxylic acids is 1. The zero-order valence-electron chi connectivity index (χ0n) is 10.5. The number of carboxylic acids is 1. The van der Waals surface area contributed by atoms with Crippen LogP contribution in [0.5, 0.6) is 0 Å². The van der Waals surface area contributed by atoms with Crippen molar-refractivity contribution in [3.05, 3.63) is 17.9 Å². The minimum absolute atomic E-state index is 0.180. The van der Waals surface area contributed by atoms with E-state index in [1.165, 1.54) is 12.1 Å². The molecule has 1 aromatic heterocycles. The van der Waals surface area contributed by atoms with Crippen LogP contribution in [0, 0.1) is 5.92 Å². The summed E-state index contributed by atoms with van der Waals surface area (Å²) in [5.74, 6) is -0.464. The van der Waals surface area contributed by atoms with Gasteiger partial charge in [-0.05, 0) is 24.5 Å². The third-order valence-electron chi connectivity index (χ3n) is 2.27. The lowest BCUT2D eigenvalue weighted by Crippen LogP contribution is -2.08. The molecule has 1 atom stereocenters. The number of rotatable bonds is 8. The Bertz CT molecular complexity index is 410. The van der Waals surface area contributed by atoms with Gasteiger partial charge in [0.1, 0.15) is 0 Å². The summed E-state index contributed by atoms with van der Waals surface area (Å²) in [7, 11) is -1.35. The van der Waals surface area contributed by atoms with Crippen molar-refractivity contribution in [2.45, 2.75) is 25.4 Å². The van der Waals surface area contributed by atoms with Gasteiger partial charge in [-0.1, -0.05) is 13.8 Å². The van der Waals surface area contributed by atoms with Crippen LogP contribution >= 0.6 is 0 Å².